The SMILES string of the molecule is Oc1ccc(CNCCCCCCOCCCCc2ccccc2)cc1. The van der Waals surface area contributed by atoms with Crippen LogP contribution in [0.3, 0.4) is 0 Å². The summed E-state index contributed by atoms with van der Waals surface area (Å²) in [6.07, 6.45) is 8.37. The minimum Gasteiger partial charge on any atom is -0.508 e. The molecule has 142 valence electrons. The van der Waals surface area contributed by atoms with Gasteiger partial charge in [0.1, 0.15) is 5.75 Å². The van der Waals surface area contributed by atoms with Crippen molar-refractivity contribution < 1.29 is 9.84 Å². The second-order valence-corrected chi connectivity index (χ2v) is 6.81. The lowest BCUT2D eigenvalue weighted by atomic mass is 10.1. The van der Waals surface area contributed by atoms with Crippen LogP contribution >= 0.6 is 0 Å². The van der Waals surface area contributed by atoms with Gasteiger partial charge < -0.3 is 15.2 Å². The van der Waals surface area contributed by atoms with Gasteiger partial charge in [-0.1, -0.05) is 55.3 Å². The van der Waals surface area contributed by atoms with Gasteiger partial charge in [-0.25, -0.2) is 0 Å². The van der Waals surface area contributed by atoms with Gasteiger partial charge >= 0.3 is 0 Å². The fourth-order valence-electron chi connectivity index (χ4n) is 2.93. The summed E-state index contributed by atoms with van der Waals surface area (Å²) in [5, 5.41) is 12.7. The first-order valence-electron chi connectivity index (χ1n) is 9.95. The average molecular weight is 356 g/mol. The molecule has 0 aliphatic heterocycles. The zero-order valence-corrected chi connectivity index (χ0v) is 15.8. The van der Waals surface area contributed by atoms with Gasteiger partial charge in [-0.3, -0.25) is 0 Å². The minimum absolute atomic E-state index is 0.326. The average Bonchev–Trinajstić information content (AvgIpc) is 2.68. The van der Waals surface area contributed by atoms with E-state index in [1.165, 1.54) is 36.8 Å². The molecule has 2 aromatic carbocycles. The molecule has 0 amide bonds. The maximum Gasteiger partial charge on any atom is 0.115 e. The third kappa shape index (κ3) is 9.59. The summed E-state index contributed by atoms with van der Waals surface area (Å²) >= 11 is 0. The molecule has 0 aromatic heterocycles. The van der Waals surface area contributed by atoms with Crippen molar-refractivity contribution in [3.8, 4) is 5.75 Å². The number of unbranched alkanes of at least 4 members (excludes halogenated alkanes) is 4. The molecule has 2 rings (SSSR count). The van der Waals surface area contributed by atoms with Gasteiger partial charge in [-0.2, -0.15) is 0 Å². The van der Waals surface area contributed by atoms with Crippen molar-refractivity contribution in [3.63, 3.8) is 0 Å². The topological polar surface area (TPSA) is 41.5 Å². The number of hydrogen-bond acceptors (Lipinski definition) is 3. The molecule has 0 spiro atoms. The van der Waals surface area contributed by atoms with E-state index in [1.807, 2.05) is 12.1 Å². The van der Waals surface area contributed by atoms with Crippen LogP contribution in [0.25, 0.3) is 0 Å². The Hall–Kier alpha value is -1.84. The molecule has 3 heteroatoms. The molecule has 0 saturated heterocycles. The molecule has 0 unspecified atom stereocenters. The van der Waals surface area contributed by atoms with Gasteiger partial charge in [0.25, 0.3) is 0 Å². The number of nitrogens with one attached hydrogen (secondary N) is 1. The summed E-state index contributed by atoms with van der Waals surface area (Å²) in [5.41, 5.74) is 2.63. The third-order valence-electron chi connectivity index (χ3n) is 4.50. The van der Waals surface area contributed by atoms with Gasteiger partial charge in [0.2, 0.25) is 0 Å². The second-order valence-electron chi connectivity index (χ2n) is 6.81. The van der Waals surface area contributed by atoms with Crippen LogP contribution in [-0.2, 0) is 17.7 Å². The van der Waals surface area contributed by atoms with Crippen LogP contribution in [0.1, 0.15) is 49.7 Å². The van der Waals surface area contributed by atoms with Crippen molar-refractivity contribution in [1.29, 1.82) is 0 Å². The molecule has 0 radical (unpaired) electrons. The molecule has 0 aliphatic carbocycles. The quantitative estimate of drug-likeness (QED) is 0.464. The largest absolute Gasteiger partial charge is 0.508 e. The summed E-state index contributed by atoms with van der Waals surface area (Å²) in [7, 11) is 0. The Morgan fingerprint density at radius 1 is 0.692 bits per heavy atom. The highest BCUT2D eigenvalue weighted by molar-refractivity contribution is 5.25. The molecule has 26 heavy (non-hydrogen) atoms. The lowest BCUT2D eigenvalue weighted by molar-refractivity contribution is 0.126. The molecular formula is C23H33NO2. The van der Waals surface area contributed by atoms with Crippen molar-refractivity contribution in [2.75, 3.05) is 19.8 Å². The minimum atomic E-state index is 0.326. The van der Waals surface area contributed by atoms with E-state index in [2.05, 4.69) is 35.6 Å². The number of hydrogen-bond donors (Lipinski definition) is 2. The van der Waals surface area contributed by atoms with Crippen molar-refractivity contribution in [2.45, 2.75) is 51.5 Å². The molecule has 0 fully saturated rings. The molecule has 3 nitrogen and oxygen atoms in total. The van der Waals surface area contributed by atoms with Gasteiger partial charge in [0.05, 0.1) is 0 Å². The van der Waals surface area contributed by atoms with Gasteiger partial charge in [0.15, 0.2) is 0 Å². The number of aryl methyl sites for hydroxylation is 1. The van der Waals surface area contributed by atoms with E-state index < -0.39 is 0 Å². The Labute approximate surface area is 158 Å². The summed E-state index contributed by atoms with van der Waals surface area (Å²) in [6, 6.07) is 18.1. The van der Waals surface area contributed by atoms with E-state index in [-0.39, 0.29) is 0 Å². The number of phenolic OH excluding ortho intramolecular Hbond substituents is 1. The van der Waals surface area contributed by atoms with Crippen molar-refractivity contribution in [3.05, 3.63) is 65.7 Å². The summed E-state index contributed by atoms with van der Waals surface area (Å²) in [4.78, 5) is 0. The highest BCUT2D eigenvalue weighted by Gasteiger charge is 1.96. The lowest BCUT2D eigenvalue weighted by Gasteiger charge is -2.06. The van der Waals surface area contributed by atoms with Crippen LogP contribution in [0.4, 0.5) is 0 Å². The Balaban J connectivity index is 1.31. The number of benzene rings is 2. The maximum atomic E-state index is 9.25. The van der Waals surface area contributed by atoms with Crippen LogP contribution in [0, 0.1) is 0 Å². The van der Waals surface area contributed by atoms with Crippen LogP contribution in [-0.4, -0.2) is 24.9 Å². The normalized spacial score (nSPS) is 10.9. The highest BCUT2D eigenvalue weighted by atomic mass is 16.5. The summed E-state index contributed by atoms with van der Waals surface area (Å²) < 4.78 is 5.73. The van der Waals surface area contributed by atoms with E-state index >= 15 is 0 Å². The van der Waals surface area contributed by atoms with E-state index in [4.69, 9.17) is 4.74 Å². The molecular weight excluding hydrogens is 322 g/mol. The zero-order valence-electron chi connectivity index (χ0n) is 15.8. The van der Waals surface area contributed by atoms with Crippen LogP contribution in [0.15, 0.2) is 54.6 Å². The number of ether oxygens (including phenoxy) is 1. The first-order chi connectivity index (χ1) is 12.8. The van der Waals surface area contributed by atoms with Gasteiger partial charge in [0, 0.05) is 19.8 Å². The van der Waals surface area contributed by atoms with Crippen molar-refractivity contribution in [2.24, 2.45) is 0 Å². The predicted octanol–water partition coefficient (Wildman–Crippen LogP) is 5.08. The van der Waals surface area contributed by atoms with E-state index in [0.717, 1.165) is 45.6 Å². The molecule has 0 atom stereocenters. The summed E-state index contributed by atoms with van der Waals surface area (Å²) in [5.74, 6) is 0.326. The molecule has 0 aliphatic rings. The van der Waals surface area contributed by atoms with Crippen LogP contribution in [0.2, 0.25) is 0 Å². The monoisotopic (exact) mass is 355 g/mol. The van der Waals surface area contributed by atoms with Crippen molar-refractivity contribution in [1.82, 2.24) is 5.32 Å². The lowest BCUT2D eigenvalue weighted by Crippen LogP contribution is -2.14. The smallest absolute Gasteiger partial charge is 0.115 e. The first kappa shape index (κ1) is 20.5. The van der Waals surface area contributed by atoms with Gasteiger partial charge in [-0.05, 0) is 61.9 Å². The number of rotatable bonds is 14. The predicted molar refractivity (Wildman–Crippen MR) is 108 cm³/mol. The molecule has 0 bridgehead atoms. The Bertz CT molecular complexity index is 569. The summed E-state index contributed by atoms with van der Waals surface area (Å²) in [6.45, 7) is 3.70. The Morgan fingerprint density at radius 3 is 2.15 bits per heavy atom. The maximum absolute atomic E-state index is 9.25. The Morgan fingerprint density at radius 2 is 1.38 bits per heavy atom. The van der Waals surface area contributed by atoms with Crippen LogP contribution in [0.5, 0.6) is 5.75 Å². The van der Waals surface area contributed by atoms with E-state index in [9.17, 15) is 5.11 Å². The van der Waals surface area contributed by atoms with E-state index in [0.29, 0.717) is 5.75 Å². The number of aromatic hydroxyl groups is 1. The zero-order chi connectivity index (χ0) is 18.3. The Kier molecular flexibility index (Phi) is 10.5. The molecule has 2 N–H and O–H groups in total. The van der Waals surface area contributed by atoms with Gasteiger partial charge in [-0.15, -0.1) is 0 Å². The third-order valence-corrected chi connectivity index (χ3v) is 4.50. The fraction of sp³-hybridized carbons (Fsp3) is 0.478. The standard InChI is InChI=1S/C23H33NO2/c25-23-15-13-22(14-16-23)20-24-17-7-1-2-8-18-26-19-9-6-12-21-10-4-3-5-11-21/h3-5,10-11,13-16,24-25H,1-2,6-9,12,17-20H2. The first-order valence-corrected chi connectivity index (χ1v) is 9.95. The van der Waals surface area contributed by atoms with Crippen molar-refractivity contribution >= 4 is 0 Å². The second kappa shape index (κ2) is 13.4. The van der Waals surface area contributed by atoms with E-state index in [1.54, 1.807) is 12.1 Å². The molecule has 0 heterocycles. The molecule has 2 aromatic rings. The fourth-order valence-corrected chi connectivity index (χ4v) is 2.93. The highest BCUT2D eigenvalue weighted by Crippen LogP contribution is 2.09. The van der Waals surface area contributed by atoms with Crippen LogP contribution < -0.4 is 5.32 Å². The molecule has 0 saturated carbocycles. The number of phenols is 1.